The zero-order chi connectivity index (χ0) is 17.7. The summed E-state index contributed by atoms with van der Waals surface area (Å²) in [5, 5.41) is 0.851. The van der Waals surface area contributed by atoms with Crippen molar-refractivity contribution < 1.29 is 9.53 Å². The molecule has 2 aromatic carbocycles. The number of hydrogen-bond donors (Lipinski definition) is 0. The lowest BCUT2D eigenvalue weighted by Gasteiger charge is -2.14. The quantitative estimate of drug-likeness (QED) is 0.536. The molecule has 0 heterocycles. The molecule has 2 aromatic rings. The molecule has 0 aliphatic heterocycles. The van der Waals surface area contributed by atoms with Crippen molar-refractivity contribution in [2.24, 2.45) is 0 Å². The Bertz CT molecular complexity index is 770. The van der Waals surface area contributed by atoms with Crippen LogP contribution in [0.3, 0.4) is 0 Å². The average Bonchev–Trinajstić information content (AvgIpc) is 2.52. The van der Waals surface area contributed by atoms with E-state index in [1.165, 1.54) is 6.08 Å². The molecule has 0 N–H and O–H groups in total. The fraction of sp³-hybridized carbons (Fsp3) is 0.211. The average molecular weight is 364 g/mol. The van der Waals surface area contributed by atoms with Gasteiger partial charge >= 0.3 is 0 Å². The van der Waals surface area contributed by atoms with Crippen LogP contribution in [0, 0.1) is 0 Å². The summed E-state index contributed by atoms with van der Waals surface area (Å²) in [6.45, 7) is 0.752. The third-order valence-electron chi connectivity index (χ3n) is 3.41. The molecule has 126 valence electrons. The van der Waals surface area contributed by atoms with Crippen LogP contribution in [0.5, 0.6) is 5.75 Å². The van der Waals surface area contributed by atoms with Gasteiger partial charge in [0.05, 0.1) is 12.1 Å². The number of carbonyl (C=O) groups excluding carboxylic acids is 1. The highest BCUT2D eigenvalue weighted by Gasteiger charge is 2.08. The lowest BCUT2D eigenvalue weighted by Crippen LogP contribution is -2.11. The largest absolute Gasteiger partial charge is 0.496 e. The summed E-state index contributed by atoms with van der Waals surface area (Å²) >= 11 is 11.9. The number of nitrogens with zero attached hydrogens (tertiary/aromatic N) is 1. The van der Waals surface area contributed by atoms with E-state index < -0.39 is 0 Å². The Morgan fingerprint density at radius 3 is 2.54 bits per heavy atom. The van der Waals surface area contributed by atoms with E-state index in [0.717, 1.165) is 23.4 Å². The molecule has 2 rings (SSSR count). The lowest BCUT2D eigenvalue weighted by atomic mass is 10.1. The minimum absolute atomic E-state index is 0.165. The van der Waals surface area contributed by atoms with E-state index in [-0.39, 0.29) is 5.78 Å². The fourth-order valence-electron chi connectivity index (χ4n) is 2.32. The second-order valence-corrected chi connectivity index (χ2v) is 6.47. The Morgan fingerprint density at radius 1 is 1.17 bits per heavy atom. The van der Waals surface area contributed by atoms with Gasteiger partial charge in [0.1, 0.15) is 5.75 Å². The summed E-state index contributed by atoms with van der Waals surface area (Å²) in [4.78, 5) is 14.3. The normalized spacial score (nSPS) is 11.2. The van der Waals surface area contributed by atoms with Crippen LogP contribution in [0.4, 0.5) is 0 Å². The zero-order valence-corrected chi connectivity index (χ0v) is 15.4. The minimum Gasteiger partial charge on any atom is -0.496 e. The first kappa shape index (κ1) is 18.5. The predicted molar refractivity (Wildman–Crippen MR) is 100 cm³/mol. The van der Waals surface area contributed by atoms with Crippen molar-refractivity contribution in [3.8, 4) is 5.75 Å². The second-order valence-electron chi connectivity index (χ2n) is 5.63. The van der Waals surface area contributed by atoms with Gasteiger partial charge in [-0.15, -0.1) is 0 Å². The van der Waals surface area contributed by atoms with Crippen molar-refractivity contribution in [3.05, 3.63) is 69.2 Å². The van der Waals surface area contributed by atoms with Crippen LogP contribution in [0.2, 0.25) is 10.0 Å². The third-order valence-corrected chi connectivity index (χ3v) is 3.96. The molecule has 24 heavy (non-hydrogen) atoms. The first-order chi connectivity index (χ1) is 11.4. The number of carbonyl (C=O) groups is 1. The van der Waals surface area contributed by atoms with E-state index in [1.54, 1.807) is 31.4 Å². The maximum Gasteiger partial charge on any atom is 0.187 e. The van der Waals surface area contributed by atoms with Gasteiger partial charge in [-0.3, -0.25) is 4.79 Å². The number of ether oxygens (including phenoxy) is 1. The fourth-order valence-corrected chi connectivity index (χ4v) is 2.82. The molecule has 0 bridgehead atoms. The maximum atomic E-state index is 12.3. The molecular weight excluding hydrogens is 345 g/mol. The number of benzene rings is 2. The first-order valence-corrected chi connectivity index (χ1v) is 8.15. The van der Waals surface area contributed by atoms with Gasteiger partial charge in [-0.2, -0.15) is 0 Å². The molecule has 0 unspecified atom stereocenters. The van der Waals surface area contributed by atoms with E-state index in [9.17, 15) is 4.79 Å². The summed E-state index contributed by atoms with van der Waals surface area (Å²) in [5.41, 5.74) is 2.41. The summed E-state index contributed by atoms with van der Waals surface area (Å²) < 4.78 is 5.38. The molecule has 0 radical (unpaired) electrons. The van der Waals surface area contributed by atoms with Gasteiger partial charge in [-0.1, -0.05) is 35.3 Å². The smallest absolute Gasteiger partial charge is 0.187 e. The Labute approximate surface area is 152 Å². The minimum atomic E-state index is -0.165. The van der Waals surface area contributed by atoms with Crippen molar-refractivity contribution in [3.63, 3.8) is 0 Å². The molecule has 3 nitrogen and oxygen atoms in total. The molecule has 0 fully saturated rings. The molecular formula is C19H19Cl2NO2. The molecule has 0 saturated heterocycles. The van der Waals surface area contributed by atoms with Gasteiger partial charge in [-0.05, 0) is 56.1 Å². The molecule has 5 heteroatoms. The van der Waals surface area contributed by atoms with Gasteiger partial charge < -0.3 is 9.64 Å². The Morgan fingerprint density at radius 2 is 1.92 bits per heavy atom. The predicted octanol–water partition coefficient (Wildman–Crippen LogP) is 4.96. The Hall–Kier alpha value is -1.81. The van der Waals surface area contributed by atoms with E-state index in [2.05, 4.69) is 4.90 Å². The van der Waals surface area contributed by atoms with Gasteiger partial charge in [0.2, 0.25) is 0 Å². The topological polar surface area (TPSA) is 29.5 Å². The van der Waals surface area contributed by atoms with Crippen molar-refractivity contribution in [1.29, 1.82) is 0 Å². The number of methoxy groups -OCH3 is 1. The van der Waals surface area contributed by atoms with Crippen LogP contribution in [0.25, 0.3) is 6.08 Å². The Kier molecular flexibility index (Phi) is 6.44. The van der Waals surface area contributed by atoms with Crippen LogP contribution >= 0.6 is 23.2 Å². The molecule has 0 aliphatic carbocycles. The molecule has 0 spiro atoms. The molecule has 0 atom stereocenters. The highest BCUT2D eigenvalue weighted by atomic mass is 35.5. The molecule has 0 amide bonds. The van der Waals surface area contributed by atoms with Crippen LogP contribution in [0.15, 0.2) is 42.5 Å². The van der Waals surface area contributed by atoms with Gasteiger partial charge in [-0.25, -0.2) is 0 Å². The van der Waals surface area contributed by atoms with Crippen LogP contribution < -0.4 is 4.74 Å². The van der Waals surface area contributed by atoms with Gasteiger partial charge in [0, 0.05) is 22.7 Å². The van der Waals surface area contributed by atoms with Crippen molar-refractivity contribution in [2.75, 3.05) is 21.2 Å². The number of rotatable bonds is 6. The SMILES string of the molecule is COc1ccc(C=CC(=O)c2ccc(Cl)cc2Cl)cc1CN(C)C. The summed E-state index contributed by atoms with van der Waals surface area (Å²) in [6, 6.07) is 10.7. The van der Waals surface area contributed by atoms with E-state index in [1.807, 2.05) is 32.3 Å². The number of allylic oxidation sites excluding steroid dienone is 1. The first-order valence-electron chi connectivity index (χ1n) is 7.40. The molecule has 0 aliphatic rings. The summed E-state index contributed by atoms with van der Waals surface area (Å²) in [5.74, 6) is 0.662. The summed E-state index contributed by atoms with van der Waals surface area (Å²) in [6.07, 6.45) is 3.28. The van der Waals surface area contributed by atoms with Crippen LogP contribution in [-0.4, -0.2) is 31.9 Å². The monoisotopic (exact) mass is 363 g/mol. The molecule has 0 saturated carbocycles. The summed E-state index contributed by atoms with van der Waals surface area (Å²) in [7, 11) is 5.64. The highest BCUT2D eigenvalue weighted by Crippen LogP contribution is 2.24. The van der Waals surface area contributed by atoms with Crippen molar-refractivity contribution in [1.82, 2.24) is 4.90 Å². The molecule has 0 aromatic heterocycles. The van der Waals surface area contributed by atoms with Crippen molar-refractivity contribution in [2.45, 2.75) is 6.54 Å². The number of halogens is 2. The van der Waals surface area contributed by atoms with E-state index in [4.69, 9.17) is 27.9 Å². The standard InChI is InChI=1S/C19H19Cl2NO2/c1-22(2)12-14-10-13(5-9-19(14)24-3)4-8-18(23)16-7-6-15(20)11-17(16)21/h4-11H,12H2,1-3H3. The lowest BCUT2D eigenvalue weighted by molar-refractivity contribution is 0.104. The van der Waals surface area contributed by atoms with Crippen LogP contribution in [-0.2, 0) is 6.54 Å². The third kappa shape index (κ3) is 4.84. The van der Waals surface area contributed by atoms with E-state index in [0.29, 0.717) is 15.6 Å². The maximum absolute atomic E-state index is 12.3. The van der Waals surface area contributed by atoms with E-state index >= 15 is 0 Å². The number of ketones is 1. The van der Waals surface area contributed by atoms with Gasteiger partial charge in [0.25, 0.3) is 0 Å². The highest BCUT2D eigenvalue weighted by molar-refractivity contribution is 6.37. The van der Waals surface area contributed by atoms with Crippen LogP contribution in [0.1, 0.15) is 21.5 Å². The Balaban J connectivity index is 2.23. The zero-order valence-electron chi connectivity index (χ0n) is 13.8. The second kappa shape index (κ2) is 8.34. The number of hydrogen-bond acceptors (Lipinski definition) is 3. The van der Waals surface area contributed by atoms with Gasteiger partial charge in [0.15, 0.2) is 5.78 Å². The van der Waals surface area contributed by atoms with Crippen molar-refractivity contribution >= 4 is 35.1 Å².